The summed E-state index contributed by atoms with van der Waals surface area (Å²) in [5.74, 6) is 0.0808. The van der Waals surface area contributed by atoms with Crippen molar-refractivity contribution in [3.05, 3.63) is 35.4 Å². The first-order chi connectivity index (χ1) is 12.4. The van der Waals surface area contributed by atoms with Crippen molar-refractivity contribution < 1.29 is 17.9 Å². The predicted molar refractivity (Wildman–Crippen MR) is 98.5 cm³/mol. The summed E-state index contributed by atoms with van der Waals surface area (Å²) in [6.07, 6.45) is 3.63. The Morgan fingerprint density at radius 3 is 2.42 bits per heavy atom. The minimum Gasteiger partial charge on any atom is -0.378 e. The van der Waals surface area contributed by atoms with Gasteiger partial charge >= 0.3 is 0 Å². The number of hydrogen-bond acceptors (Lipinski definition) is 4. The summed E-state index contributed by atoms with van der Waals surface area (Å²) < 4.78 is 30.7. The van der Waals surface area contributed by atoms with Crippen LogP contribution in [0.3, 0.4) is 0 Å². The van der Waals surface area contributed by atoms with E-state index in [1.165, 1.54) is 11.8 Å². The lowest BCUT2D eigenvalue weighted by Gasteiger charge is -2.39. The van der Waals surface area contributed by atoms with Gasteiger partial charge in [0.05, 0.1) is 25.4 Å². The quantitative estimate of drug-likeness (QED) is 0.779. The maximum atomic E-state index is 13.2. The van der Waals surface area contributed by atoms with Gasteiger partial charge in [0, 0.05) is 26.2 Å². The number of piperidine rings is 1. The van der Waals surface area contributed by atoms with Gasteiger partial charge in [0.15, 0.2) is 0 Å². The Balaban J connectivity index is 1.60. The van der Waals surface area contributed by atoms with Gasteiger partial charge in [-0.2, -0.15) is 0 Å². The highest BCUT2D eigenvalue weighted by Gasteiger charge is 2.49. The molecule has 0 saturated carbocycles. The summed E-state index contributed by atoms with van der Waals surface area (Å²) in [7, 11) is -3.15. The molecule has 0 bridgehead atoms. The zero-order chi connectivity index (χ0) is 18.4. The van der Waals surface area contributed by atoms with Crippen LogP contribution in [0.1, 0.15) is 36.3 Å². The van der Waals surface area contributed by atoms with E-state index in [-0.39, 0.29) is 17.2 Å². The van der Waals surface area contributed by atoms with E-state index in [0.717, 1.165) is 24.8 Å². The second kappa shape index (κ2) is 6.62. The minimum absolute atomic E-state index is 0.0790. The van der Waals surface area contributed by atoms with Crippen LogP contribution >= 0.6 is 0 Å². The van der Waals surface area contributed by atoms with Crippen LogP contribution in [0.5, 0.6) is 0 Å². The summed E-state index contributed by atoms with van der Waals surface area (Å²) in [6.45, 7) is 3.60. The van der Waals surface area contributed by atoms with E-state index in [9.17, 15) is 13.2 Å². The molecule has 3 aliphatic rings. The molecule has 4 rings (SSSR count). The molecule has 142 valence electrons. The highest BCUT2D eigenvalue weighted by molar-refractivity contribution is 7.88. The lowest BCUT2D eigenvalue weighted by atomic mass is 9.74. The minimum atomic E-state index is -3.15. The maximum Gasteiger partial charge on any atom is 0.230 e. The SMILES string of the molecule is CS(=O)(=O)N1CCC2(CC1)C[C@H](C(=O)N1CCOCC1)c1ccccc12. The number of sulfonamides is 1. The summed E-state index contributed by atoms with van der Waals surface area (Å²) in [5.41, 5.74) is 2.31. The molecule has 7 heteroatoms. The number of hydrogen-bond donors (Lipinski definition) is 0. The van der Waals surface area contributed by atoms with Crippen molar-refractivity contribution >= 4 is 15.9 Å². The molecule has 1 amide bonds. The summed E-state index contributed by atoms with van der Waals surface area (Å²) in [4.78, 5) is 15.1. The molecule has 2 fully saturated rings. The maximum absolute atomic E-state index is 13.2. The van der Waals surface area contributed by atoms with Gasteiger partial charge in [0.25, 0.3) is 0 Å². The molecule has 2 heterocycles. The topological polar surface area (TPSA) is 66.9 Å². The summed E-state index contributed by atoms with van der Waals surface area (Å²) in [5, 5.41) is 0. The number of carbonyl (C=O) groups excluding carboxylic acids is 1. The molecular formula is C19H26N2O4S. The van der Waals surface area contributed by atoms with E-state index in [1.807, 2.05) is 17.0 Å². The number of benzene rings is 1. The van der Waals surface area contributed by atoms with Crippen molar-refractivity contribution in [2.75, 3.05) is 45.6 Å². The largest absolute Gasteiger partial charge is 0.378 e. The molecule has 1 aliphatic carbocycles. The molecule has 1 aromatic carbocycles. The molecule has 6 nitrogen and oxygen atoms in total. The van der Waals surface area contributed by atoms with Gasteiger partial charge in [-0.05, 0) is 35.8 Å². The molecule has 0 aromatic heterocycles. The van der Waals surface area contributed by atoms with Gasteiger partial charge < -0.3 is 9.64 Å². The van der Waals surface area contributed by atoms with Crippen LogP contribution < -0.4 is 0 Å². The second-order valence-corrected chi connectivity index (χ2v) is 9.71. The van der Waals surface area contributed by atoms with Crippen molar-refractivity contribution in [3.63, 3.8) is 0 Å². The van der Waals surface area contributed by atoms with Crippen LogP contribution in [-0.4, -0.2) is 69.2 Å². The Hall–Kier alpha value is -1.44. The summed E-state index contributed by atoms with van der Waals surface area (Å²) >= 11 is 0. The van der Waals surface area contributed by atoms with Crippen LogP contribution in [0.25, 0.3) is 0 Å². The van der Waals surface area contributed by atoms with Gasteiger partial charge in [-0.3, -0.25) is 4.79 Å². The van der Waals surface area contributed by atoms with Gasteiger partial charge in [-0.25, -0.2) is 12.7 Å². The summed E-state index contributed by atoms with van der Waals surface area (Å²) in [6, 6.07) is 8.25. The second-order valence-electron chi connectivity index (χ2n) is 7.72. The molecule has 2 saturated heterocycles. The van der Waals surface area contributed by atoms with Crippen LogP contribution in [-0.2, 0) is 25.0 Å². The van der Waals surface area contributed by atoms with E-state index in [4.69, 9.17) is 4.74 Å². The lowest BCUT2D eigenvalue weighted by Crippen LogP contribution is -2.45. The Labute approximate surface area is 155 Å². The Bertz CT molecular complexity index is 794. The van der Waals surface area contributed by atoms with Crippen molar-refractivity contribution in [2.24, 2.45) is 0 Å². The Morgan fingerprint density at radius 1 is 1.12 bits per heavy atom. The normalized spacial score (nSPS) is 26.0. The molecule has 1 atom stereocenters. The van der Waals surface area contributed by atoms with Crippen molar-refractivity contribution in [3.8, 4) is 0 Å². The Kier molecular flexibility index (Phi) is 4.57. The molecule has 1 aromatic rings. The zero-order valence-corrected chi connectivity index (χ0v) is 16.0. The molecule has 2 aliphatic heterocycles. The molecule has 0 N–H and O–H groups in total. The van der Waals surface area contributed by atoms with Crippen LogP contribution in [0.4, 0.5) is 0 Å². The fourth-order valence-electron chi connectivity index (χ4n) is 4.84. The van der Waals surface area contributed by atoms with Crippen LogP contribution in [0.15, 0.2) is 24.3 Å². The third-order valence-electron chi connectivity index (χ3n) is 6.27. The van der Waals surface area contributed by atoms with E-state index in [0.29, 0.717) is 39.4 Å². The first kappa shape index (κ1) is 17.9. The van der Waals surface area contributed by atoms with Gasteiger partial charge in [0.1, 0.15) is 0 Å². The highest BCUT2D eigenvalue weighted by atomic mass is 32.2. The number of fused-ring (bicyclic) bond motifs is 2. The third kappa shape index (κ3) is 3.06. The first-order valence-electron chi connectivity index (χ1n) is 9.32. The van der Waals surface area contributed by atoms with E-state index >= 15 is 0 Å². The Morgan fingerprint density at radius 2 is 1.77 bits per heavy atom. The predicted octanol–water partition coefficient (Wildman–Crippen LogP) is 1.33. The van der Waals surface area contributed by atoms with Crippen molar-refractivity contribution in [2.45, 2.75) is 30.6 Å². The zero-order valence-electron chi connectivity index (χ0n) is 15.2. The number of ether oxygens (including phenoxy) is 1. The van der Waals surface area contributed by atoms with Gasteiger partial charge in [-0.15, -0.1) is 0 Å². The van der Waals surface area contributed by atoms with E-state index in [1.54, 1.807) is 4.31 Å². The number of carbonyl (C=O) groups is 1. The first-order valence-corrected chi connectivity index (χ1v) is 11.2. The van der Waals surface area contributed by atoms with Gasteiger partial charge in [-0.1, -0.05) is 24.3 Å². The standard InChI is InChI=1S/C19H26N2O4S/c1-26(23,24)21-8-6-19(7-9-21)14-16(15-4-2-3-5-17(15)19)18(22)20-10-12-25-13-11-20/h2-5,16H,6-14H2,1H3/t16-/m0/s1. The van der Waals surface area contributed by atoms with E-state index in [2.05, 4.69) is 12.1 Å². The number of morpholine rings is 1. The van der Waals surface area contributed by atoms with Crippen LogP contribution in [0.2, 0.25) is 0 Å². The smallest absolute Gasteiger partial charge is 0.230 e. The number of nitrogens with zero attached hydrogens (tertiary/aromatic N) is 2. The lowest BCUT2D eigenvalue weighted by molar-refractivity contribution is -0.137. The average molecular weight is 378 g/mol. The van der Waals surface area contributed by atoms with Crippen molar-refractivity contribution in [1.29, 1.82) is 0 Å². The number of rotatable bonds is 2. The monoisotopic (exact) mass is 378 g/mol. The molecule has 0 radical (unpaired) electrons. The molecule has 0 unspecified atom stereocenters. The molecule has 26 heavy (non-hydrogen) atoms. The van der Waals surface area contributed by atoms with Crippen molar-refractivity contribution in [1.82, 2.24) is 9.21 Å². The third-order valence-corrected chi connectivity index (χ3v) is 7.57. The van der Waals surface area contributed by atoms with E-state index < -0.39 is 10.0 Å². The fourth-order valence-corrected chi connectivity index (χ4v) is 5.68. The average Bonchev–Trinajstić information content (AvgIpc) is 2.96. The van der Waals surface area contributed by atoms with Crippen LogP contribution in [0, 0.1) is 0 Å². The number of amides is 1. The fraction of sp³-hybridized carbons (Fsp3) is 0.632. The molecular weight excluding hydrogens is 352 g/mol. The highest BCUT2D eigenvalue weighted by Crippen LogP contribution is 2.52. The molecule has 1 spiro atoms. The van der Waals surface area contributed by atoms with Gasteiger partial charge in [0.2, 0.25) is 15.9 Å².